The average molecular weight is 779 g/mol. The number of furan rings is 1. The van der Waals surface area contributed by atoms with Crippen LogP contribution in [0.3, 0.4) is 0 Å². The first kappa shape index (κ1) is 33.2. The molecule has 0 aliphatic rings. The summed E-state index contributed by atoms with van der Waals surface area (Å²) >= 11 is 0. The van der Waals surface area contributed by atoms with E-state index in [0.717, 1.165) is 78.0 Å². The summed E-state index contributed by atoms with van der Waals surface area (Å²) in [5, 5.41) is 28.3. The third kappa shape index (κ3) is 4.55. The molecule has 0 unspecified atom stereocenters. The van der Waals surface area contributed by atoms with Gasteiger partial charge in [0.05, 0.1) is 45.3 Å². The molecule has 0 saturated heterocycles. The van der Waals surface area contributed by atoms with E-state index in [4.69, 9.17) is 4.42 Å². The van der Waals surface area contributed by atoms with E-state index >= 15 is 0 Å². The maximum atomic E-state index is 9.62. The summed E-state index contributed by atoms with van der Waals surface area (Å²) in [6, 6.07) is 67.5. The van der Waals surface area contributed by atoms with Gasteiger partial charge in [0.25, 0.3) is 0 Å². The van der Waals surface area contributed by atoms with Crippen LogP contribution >= 0.6 is 0 Å². The molecule has 0 amide bonds. The number of para-hydroxylation sites is 4. The highest BCUT2D eigenvalue weighted by atomic mass is 16.3. The second-order valence-electron chi connectivity index (χ2n) is 15.6. The Morgan fingerprint density at radius 2 is 0.639 bits per heavy atom. The van der Waals surface area contributed by atoms with Crippen LogP contribution in [0.2, 0.25) is 0 Å². The Balaban J connectivity index is 1.09. The molecule has 282 valence electrons. The van der Waals surface area contributed by atoms with Crippen molar-refractivity contribution in [1.82, 2.24) is 18.3 Å². The average Bonchev–Trinajstić information content (AvgIpc) is 4.11. The number of hydrogen-bond donors (Lipinski definition) is 0. The topological polar surface area (TPSA) is 80.4 Å². The fraction of sp³-hybridized carbons (Fsp3) is 0. The van der Waals surface area contributed by atoms with Gasteiger partial charge in [-0.2, -0.15) is 10.5 Å². The van der Waals surface area contributed by atoms with Gasteiger partial charge in [0.2, 0.25) is 0 Å². The van der Waals surface area contributed by atoms with E-state index in [9.17, 15) is 10.5 Å². The predicted octanol–water partition coefficient (Wildman–Crippen LogP) is 13.4. The van der Waals surface area contributed by atoms with Crippen molar-refractivity contribution in [3.63, 3.8) is 0 Å². The van der Waals surface area contributed by atoms with E-state index in [2.05, 4.69) is 164 Å². The fourth-order valence-corrected chi connectivity index (χ4v) is 9.84. The lowest BCUT2D eigenvalue weighted by molar-refractivity contribution is 0.669. The van der Waals surface area contributed by atoms with Crippen molar-refractivity contribution in [3.8, 4) is 34.9 Å². The molecule has 13 aromatic rings. The molecule has 0 radical (unpaired) electrons. The summed E-state index contributed by atoms with van der Waals surface area (Å²) < 4.78 is 16.0. The molecule has 0 saturated carbocycles. The van der Waals surface area contributed by atoms with E-state index in [0.29, 0.717) is 11.1 Å². The second kappa shape index (κ2) is 12.4. The first-order valence-electron chi connectivity index (χ1n) is 20.2. The first-order valence-corrected chi connectivity index (χ1v) is 20.2. The molecule has 8 aromatic carbocycles. The van der Waals surface area contributed by atoms with Gasteiger partial charge in [-0.15, -0.1) is 0 Å². The molecule has 0 bridgehead atoms. The minimum Gasteiger partial charge on any atom is -0.456 e. The summed E-state index contributed by atoms with van der Waals surface area (Å²) in [6.45, 7) is 0. The van der Waals surface area contributed by atoms with Gasteiger partial charge in [0.1, 0.15) is 22.5 Å². The number of nitriles is 2. The Hall–Kier alpha value is -8.78. The molecule has 7 nitrogen and oxygen atoms in total. The molecule has 5 aromatic heterocycles. The molecule has 0 aliphatic heterocycles. The van der Waals surface area contributed by atoms with Crippen molar-refractivity contribution in [2.75, 3.05) is 0 Å². The van der Waals surface area contributed by atoms with Gasteiger partial charge in [0, 0.05) is 65.8 Å². The molecule has 61 heavy (non-hydrogen) atoms. The molecule has 0 N–H and O–H groups in total. The van der Waals surface area contributed by atoms with Crippen molar-refractivity contribution in [1.29, 1.82) is 10.5 Å². The smallest absolute Gasteiger partial charge is 0.135 e. The quantitative estimate of drug-likeness (QED) is 0.178. The highest BCUT2D eigenvalue weighted by Gasteiger charge is 2.25. The zero-order chi connectivity index (χ0) is 40.3. The Kier molecular flexibility index (Phi) is 6.73. The van der Waals surface area contributed by atoms with E-state index in [1.54, 1.807) is 0 Å². The van der Waals surface area contributed by atoms with Gasteiger partial charge >= 0.3 is 0 Å². The number of hydrogen-bond acceptors (Lipinski definition) is 3. The monoisotopic (exact) mass is 778 g/mol. The largest absolute Gasteiger partial charge is 0.456 e. The van der Waals surface area contributed by atoms with E-state index < -0.39 is 0 Å². The number of rotatable bonds is 4. The molecule has 0 aliphatic carbocycles. The summed E-state index contributed by atoms with van der Waals surface area (Å²) in [7, 11) is 0. The maximum Gasteiger partial charge on any atom is 0.135 e. The van der Waals surface area contributed by atoms with Gasteiger partial charge in [0.15, 0.2) is 0 Å². The van der Waals surface area contributed by atoms with Crippen molar-refractivity contribution in [3.05, 3.63) is 193 Å². The molecule has 0 spiro atoms. The summed E-state index contributed by atoms with van der Waals surface area (Å²) in [6.07, 6.45) is 0. The second-order valence-corrected chi connectivity index (χ2v) is 15.6. The van der Waals surface area contributed by atoms with Gasteiger partial charge in [-0.3, -0.25) is 18.3 Å². The Morgan fingerprint density at radius 1 is 0.328 bits per heavy atom. The van der Waals surface area contributed by atoms with Crippen LogP contribution in [0.15, 0.2) is 186 Å². The Labute approximate surface area is 347 Å². The SMILES string of the molecule is N#Cc1ccc(-n2c3ccccc3c3c4ccccc4n(-c4ccc5oc6ccc(-n7c8ccccc8c8c9ccccc9n(-c9ccc(C#N)cc9)c87)cc6c5c4)c32)cc1. The minimum absolute atomic E-state index is 0.623. The molecule has 0 atom stereocenters. The lowest BCUT2D eigenvalue weighted by Crippen LogP contribution is -2.02. The Bertz CT molecular complexity index is 3800. The van der Waals surface area contributed by atoms with Crippen LogP contribution in [-0.4, -0.2) is 18.3 Å². The number of aromatic nitrogens is 4. The van der Waals surface area contributed by atoms with Crippen LogP contribution in [0.1, 0.15) is 11.1 Å². The summed E-state index contributed by atoms with van der Waals surface area (Å²) in [4.78, 5) is 0. The fourth-order valence-electron chi connectivity index (χ4n) is 9.84. The molecule has 7 heteroatoms. The van der Waals surface area contributed by atoms with Gasteiger partial charge in [-0.1, -0.05) is 72.8 Å². The molecule has 0 fully saturated rings. The third-order valence-corrected chi connectivity index (χ3v) is 12.4. The van der Waals surface area contributed by atoms with Gasteiger partial charge in [-0.25, -0.2) is 0 Å². The highest BCUT2D eigenvalue weighted by molar-refractivity contribution is 6.24. The van der Waals surface area contributed by atoms with Gasteiger partial charge in [-0.05, 0) is 109 Å². The molecular weight excluding hydrogens is 749 g/mol. The zero-order valence-corrected chi connectivity index (χ0v) is 32.4. The number of benzene rings is 8. The van der Waals surface area contributed by atoms with E-state index in [-0.39, 0.29) is 0 Å². The zero-order valence-electron chi connectivity index (χ0n) is 32.4. The van der Waals surface area contributed by atoms with Gasteiger partial charge < -0.3 is 4.42 Å². The van der Waals surface area contributed by atoms with Crippen LogP contribution < -0.4 is 0 Å². The lowest BCUT2D eigenvalue weighted by Gasteiger charge is -2.13. The maximum absolute atomic E-state index is 9.62. The summed E-state index contributed by atoms with van der Waals surface area (Å²) in [5.41, 5.74) is 13.4. The third-order valence-electron chi connectivity index (χ3n) is 12.4. The lowest BCUT2D eigenvalue weighted by atomic mass is 10.1. The van der Waals surface area contributed by atoms with Crippen molar-refractivity contribution < 1.29 is 4.42 Å². The highest BCUT2D eigenvalue weighted by Crippen LogP contribution is 2.44. The van der Waals surface area contributed by atoms with E-state index in [1.165, 1.54) is 32.3 Å². The number of nitrogens with zero attached hydrogens (tertiary/aromatic N) is 6. The van der Waals surface area contributed by atoms with E-state index in [1.807, 2.05) is 48.5 Å². The molecular formula is C54H30N6O. The van der Waals surface area contributed by atoms with Crippen LogP contribution in [0.5, 0.6) is 0 Å². The van der Waals surface area contributed by atoms with Crippen LogP contribution in [0.4, 0.5) is 0 Å². The minimum atomic E-state index is 0.623. The van der Waals surface area contributed by atoms with Crippen molar-refractivity contribution >= 4 is 87.6 Å². The van der Waals surface area contributed by atoms with Crippen molar-refractivity contribution in [2.45, 2.75) is 0 Å². The van der Waals surface area contributed by atoms with Crippen LogP contribution in [0, 0.1) is 22.7 Å². The standard InChI is InChI=1S/C54H30N6O/c55-31-33-17-21-35(22-18-33)57-45-13-5-1-9-39(45)51-41-11-3-7-15-47(41)59(53(51)57)37-25-27-49-43(29-37)44-30-38(26-28-50(44)61-49)60-48-16-8-4-12-42(48)52-40-10-2-6-14-46(40)58(54(52)60)36-23-19-34(32-56)20-24-36/h1-30H. The molecule has 13 rings (SSSR count). The first-order chi connectivity index (χ1) is 30.2. The van der Waals surface area contributed by atoms with Crippen molar-refractivity contribution in [2.24, 2.45) is 0 Å². The van der Waals surface area contributed by atoms with Crippen LogP contribution in [-0.2, 0) is 0 Å². The Morgan fingerprint density at radius 3 is 0.984 bits per heavy atom. The number of fused-ring (bicyclic) bond motifs is 13. The summed E-state index contributed by atoms with van der Waals surface area (Å²) in [5.74, 6) is 0. The molecule has 5 heterocycles. The van der Waals surface area contributed by atoms with Crippen LogP contribution in [0.25, 0.3) is 110 Å². The normalized spacial score (nSPS) is 11.9. The predicted molar refractivity (Wildman–Crippen MR) is 245 cm³/mol.